The Hall–Kier alpha value is -1.82. The van der Waals surface area contributed by atoms with Crippen LogP contribution >= 0.6 is 11.3 Å². The van der Waals surface area contributed by atoms with Crippen LogP contribution in [0, 0.1) is 6.92 Å². The van der Waals surface area contributed by atoms with Crippen molar-refractivity contribution in [3.05, 3.63) is 16.8 Å². The fourth-order valence-electron chi connectivity index (χ4n) is 1.88. The molecule has 0 spiro atoms. The van der Waals surface area contributed by atoms with Gasteiger partial charge in [0.25, 0.3) is 0 Å². The lowest BCUT2D eigenvalue weighted by Crippen LogP contribution is -1.85. The number of anilines is 1. The van der Waals surface area contributed by atoms with Gasteiger partial charge in [-0.05, 0) is 13.3 Å². The van der Waals surface area contributed by atoms with E-state index >= 15 is 0 Å². The highest BCUT2D eigenvalue weighted by molar-refractivity contribution is 7.20. The fraction of sp³-hybridized carbons (Fsp3) is 0.273. The molecule has 3 aromatic heterocycles. The van der Waals surface area contributed by atoms with E-state index in [1.54, 1.807) is 17.5 Å². The molecule has 3 heterocycles. The fourth-order valence-corrected chi connectivity index (χ4v) is 2.95. The number of H-pyrrole nitrogens is 1. The molecule has 3 rings (SSSR count). The van der Waals surface area contributed by atoms with Crippen LogP contribution in [0.3, 0.4) is 0 Å². The van der Waals surface area contributed by atoms with E-state index in [1.165, 1.54) is 0 Å². The number of nitrogens with one attached hydrogen (secondary N) is 1. The third-order valence-corrected chi connectivity index (χ3v) is 4.16. The lowest BCUT2D eigenvalue weighted by atomic mass is 10.2. The van der Waals surface area contributed by atoms with Crippen LogP contribution in [0.5, 0.6) is 0 Å². The third-order valence-electron chi connectivity index (χ3n) is 2.83. The molecule has 0 aliphatic heterocycles. The monoisotopic (exact) mass is 248 g/mol. The molecule has 0 unspecified atom stereocenters. The first-order chi connectivity index (χ1) is 8.22. The van der Waals surface area contributed by atoms with Crippen molar-refractivity contribution in [1.82, 2.24) is 15.4 Å². The van der Waals surface area contributed by atoms with E-state index in [4.69, 9.17) is 10.3 Å². The first kappa shape index (κ1) is 10.3. The average Bonchev–Trinajstić information content (AvgIpc) is 2.96. The van der Waals surface area contributed by atoms with E-state index in [1.807, 2.05) is 6.92 Å². The van der Waals surface area contributed by atoms with Gasteiger partial charge >= 0.3 is 0 Å². The Labute approximate surface area is 102 Å². The molecule has 17 heavy (non-hydrogen) atoms. The van der Waals surface area contributed by atoms with Crippen LogP contribution in [0.15, 0.2) is 10.7 Å². The van der Waals surface area contributed by atoms with Gasteiger partial charge in [-0.3, -0.25) is 5.10 Å². The maximum absolute atomic E-state index is 6.01. The zero-order chi connectivity index (χ0) is 12.0. The Morgan fingerprint density at radius 1 is 1.53 bits per heavy atom. The van der Waals surface area contributed by atoms with Crippen molar-refractivity contribution in [3.63, 3.8) is 0 Å². The number of aryl methyl sites for hydroxylation is 2. The maximum atomic E-state index is 6.01. The second-order valence-electron chi connectivity index (χ2n) is 3.89. The molecule has 0 atom stereocenters. The number of fused-ring (bicyclic) bond motifs is 1. The Morgan fingerprint density at radius 3 is 3.00 bits per heavy atom. The predicted octanol–water partition coefficient (Wildman–Crippen LogP) is 2.73. The van der Waals surface area contributed by atoms with E-state index in [0.717, 1.165) is 32.9 Å². The Bertz CT molecular complexity index is 679. The second kappa shape index (κ2) is 3.59. The van der Waals surface area contributed by atoms with Crippen molar-refractivity contribution in [2.24, 2.45) is 0 Å². The Kier molecular flexibility index (Phi) is 2.19. The zero-order valence-corrected chi connectivity index (χ0v) is 10.4. The van der Waals surface area contributed by atoms with Crippen molar-refractivity contribution in [2.45, 2.75) is 20.3 Å². The maximum Gasteiger partial charge on any atom is 0.201 e. The third kappa shape index (κ3) is 1.37. The van der Waals surface area contributed by atoms with Gasteiger partial charge in [0.2, 0.25) is 5.58 Å². The molecule has 0 radical (unpaired) electrons. The zero-order valence-electron chi connectivity index (χ0n) is 9.57. The molecule has 5 nitrogen and oxygen atoms in total. The van der Waals surface area contributed by atoms with Crippen LogP contribution in [-0.4, -0.2) is 15.4 Å². The molecular weight excluding hydrogens is 236 g/mol. The number of hydrogen-bond donors (Lipinski definition) is 2. The SMILES string of the molecule is CCc1sc2c(-c3cn[nH]c3C)noc2c1N. The number of nitrogens with zero attached hydrogens (tertiary/aromatic N) is 2. The molecule has 0 saturated carbocycles. The van der Waals surface area contributed by atoms with Gasteiger partial charge in [0.15, 0.2) is 0 Å². The van der Waals surface area contributed by atoms with Gasteiger partial charge in [0.05, 0.1) is 11.9 Å². The molecule has 0 saturated heterocycles. The second-order valence-corrected chi connectivity index (χ2v) is 5.00. The summed E-state index contributed by atoms with van der Waals surface area (Å²) < 4.78 is 6.34. The summed E-state index contributed by atoms with van der Waals surface area (Å²) in [5.41, 5.74) is 10.2. The minimum absolute atomic E-state index is 0.697. The molecule has 0 aliphatic rings. The highest BCUT2D eigenvalue weighted by Crippen LogP contribution is 2.40. The summed E-state index contributed by atoms with van der Waals surface area (Å²) in [4.78, 5) is 1.14. The van der Waals surface area contributed by atoms with E-state index in [-0.39, 0.29) is 0 Å². The Balaban J connectivity index is 2.28. The molecular formula is C11H12N4OS. The molecule has 0 aliphatic carbocycles. The van der Waals surface area contributed by atoms with Gasteiger partial charge in [-0.2, -0.15) is 5.10 Å². The standard InChI is InChI=1S/C11H12N4OS/c1-3-7-8(12)10-11(17-7)9(15-16-10)6-4-13-14-5(6)2/h4H,3,12H2,1-2H3,(H,13,14). The number of nitrogens with two attached hydrogens (primary N) is 1. The summed E-state index contributed by atoms with van der Waals surface area (Å²) in [7, 11) is 0. The molecule has 3 N–H and O–H groups in total. The normalized spacial score (nSPS) is 11.4. The van der Waals surface area contributed by atoms with Gasteiger partial charge in [-0.1, -0.05) is 12.1 Å². The van der Waals surface area contributed by atoms with Crippen LogP contribution < -0.4 is 5.73 Å². The Morgan fingerprint density at radius 2 is 2.35 bits per heavy atom. The lowest BCUT2D eigenvalue weighted by molar-refractivity contribution is 0.460. The number of aromatic amines is 1. The van der Waals surface area contributed by atoms with Crippen LogP contribution in [-0.2, 0) is 6.42 Å². The topological polar surface area (TPSA) is 80.7 Å². The summed E-state index contributed by atoms with van der Waals surface area (Å²) in [6.07, 6.45) is 2.67. The van der Waals surface area contributed by atoms with Crippen LogP contribution in [0.1, 0.15) is 17.5 Å². The average molecular weight is 248 g/mol. The lowest BCUT2D eigenvalue weighted by Gasteiger charge is -1.91. The van der Waals surface area contributed by atoms with Gasteiger partial charge in [0.1, 0.15) is 10.4 Å². The van der Waals surface area contributed by atoms with E-state index in [0.29, 0.717) is 11.3 Å². The number of aromatic nitrogens is 3. The van der Waals surface area contributed by atoms with Gasteiger partial charge in [-0.15, -0.1) is 11.3 Å². The minimum atomic E-state index is 0.697. The molecule has 6 heteroatoms. The summed E-state index contributed by atoms with van der Waals surface area (Å²) in [5, 5.41) is 11.0. The van der Waals surface area contributed by atoms with Crippen molar-refractivity contribution in [1.29, 1.82) is 0 Å². The summed E-state index contributed by atoms with van der Waals surface area (Å²) in [5.74, 6) is 0. The van der Waals surface area contributed by atoms with Gasteiger partial charge in [0, 0.05) is 16.1 Å². The number of nitrogen functional groups attached to an aromatic ring is 1. The molecule has 0 bridgehead atoms. The summed E-state index contributed by atoms with van der Waals surface area (Å²) in [6.45, 7) is 4.04. The van der Waals surface area contributed by atoms with Crippen molar-refractivity contribution in [3.8, 4) is 11.3 Å². The van der Waals surface area contributed by atoms with E-state index in [9.17, 15) is 0 Å². The highest BCUT2D eigenvalue weighted by Gasteiger charge is 2.20. The van der Waals surface area contributed by atoms with Crippen LogP contribution in [0.2, 0.25) is 0 Å². The van der Waals surface area contributed by atoms with Crippen molar-refractivity contribution >= 4 is 27.3 Å². The summed E-state index contributed by atoms with van der Waals surface area (Å²) in [6, 6.07) is 0. The van der Waals surface area contributed by atoms with E-state index < -0.39 is 0 Å². The molecule has 0 aromatic carbocycles. The molecule has 0 fully saturated rings. The minimum Gasteiger partial charge on any atom is -0.395 e. The van der Waals surface area contributed by atoms with Crippen molar-refractivity contribution in [2.75, 3.05) is 5.73 Å². The molecule has 88 valence electrons. The smallest absolute Gasteiger partial charge is 0.201 e. The quantitative estimate of drug-likeness (QED) is 0.730. The summed E-state index contributed by atoms with van der Waals surface area (Å²) >= 11 is 1.64. The van der Waals surface area contributed by atoms with E-state index in [2.05, 4.69) is 22.3 Å². The largest absolute Gasteiger partial charge is 0.395 e. The first-order valence-electron chi connectivity index (χ1n) is 5.39. The predicted molar refractivity (Wildman–Crippen MR) is 68.0 cm³/mol. The number of thiophene rings is 1. The molecule has 3 aromatic rings. The highest BCUT2D eigenvalue weighted by atomic mass is 32.1. The van der Waals surface area contributed by atoms with Gasteiger partial charge < -0.3 is 10.3 Å². The van der Waals surface area contributed by atoms with Crippen molar-refractivity contribution < 1.29 is 4.52 Å². The van der Waals surface area contributed by atoms with Gasteiger partial charge in [-0.25, -0.2) is 0 Å². The molecule has 0 amide bonds. The number of rotatable bonds is 2. The van der Waals surface area contributed by atoms with Crippen LogP contribution in [0.25, 0.3) is 21.5 Å². The first-order valence-corrected chi connectivity index (χ1v) is 6.20. The van der Waals surface area contributed by atoms with Crippen LogP contribution in [0.4, 0.5) is 5.69 Å². The number of hydrogen-bond acceptors (Lipinski definition) is 5.